The zero-order valence-electron chi connectivity index (χ0n) is 12.1. The van der Waals surface area contributed by atoms with Crippen LogP contribution in [-0.4, -0.2) is 7.11 Å². The summed E-state index contributed by atoms with van der Waals surface area (Å²) < 4.78 is 5.37. The number of ether oxygens (including phenoxy) is 1. The molecular weight excluding hydrogens is 284 g/mol. The van der Waals surface area contributed by atoms with Gasteiger partial charge in [0.05, 0.1) is 18.7 Å². The van der Waals surface area contributed by atoms with Crippen LogP contribution in [0.2, 0.25) is 5.02 Å². The Hall–Kier alpha value is -2.02. The van der Waals surface area contributed by atoms with Crippen LogP contribution < -0.4 is 10.1 Å². The zero-order valence-corrected chi connectivity index (χ0v) is 12.8. The smallest absolute Gasteiger partial charge is 0.123 e. The lowest BCUT2D eigenvalue weighted by Gasteiger charge is -2.17. The first-order valence-electron chi connectivity index (χ1n) is 6.70. The molecule has 0 saturated heterocycles. The van der Waals surface area contributed by atoms with Crippen LogP contribution in [-0.2, 0) is 6.54 Å². The predicted molar refractivity (Wildman–Crippen MR) is 84.4 cm³/mol. The molecule has 2 aromatic carbocycles. The molecule has 3 nitrogen and oxygen atoms in total. The van der Waals surface area contributed by atoms with Crippen LogP contribution in [0.5, 0.6) is 5.75 Å². The Balaban J connectivity index is 2.08. The maximum atomic E-state index is 8.84. The third-order valence-electron chi connectivity index (χ3n) is 3.39. The molecule has 4 heteroatoms. The van der Waals surface area contributed by atoms with E-state index < -0.39 is 0 Å². The van der Waals surface area contributed by atoms with E-state index in [9.17, 15) is 0 Å². The summed E-state index contributed by atoms with van der Waals surface area (Å²) in [5.74, 6) is 0.864. The highest BCUT2D eigenvalue weighted by atomic mass is 35.5. The van der Waals surface area contributed by atoms with E-state index in [2.05, 4.69) is 18.3 Å². The van der Waals surface area contributed by atoms with Crippen LogP contribution in [0.15, 0.2) is 42.5 Å². The topological polar surface area (TPSA) is 45.0 Å². The van der Waals surface area contributed by atoms with Crippen molar-refractivity contribution in [2.75, 3.05) is 7.11 Å². The van der Waals surface area contributed by atoms with E-state index >= 15 is 0 Å². The molecule has 0 aliphatic rings. The molecule has 0 radical (unpaired) electrons. The van der Waals surface area contributed by atoms with Crippen LogP contribution in [0, 0.1) is 11.3 Å². The molecule has 108 valence electrons. The minimum atomic E-state index is 0.132. The molecule has 0 aliphatic carbocycles. The number of hydrogen-bond acceptors (Lipinski definition) is 3. The first-order valence-corrected chi connectivity index (χ1v) is 7.08. The number of halogens is 1. The first-order chi connectivity index (χ1) is 10.2. The lowest BCUT2D eigenvalue weighted by atomic mass is 10.1. The summed E-state index contributed by atoms with van der Waals surface area (Å²) in [5.41, 5.74) is 2.64. The van der Waals surface area contributed by atoms with E-state index in [0.717, 1.165) is 16.9 Å². The second-order valence-corrected chi connectivity index (χ2v) is 5.17. The van der Waals surface area contributed by atoms with Crippen LogP contribution in [0.3, 0.4) is 0 Å². The summed E-state index contributed by atoms with van der Waals surface area (Å²) in [6, 6.07) is 15.5. The van der Waals surface area contributed by atoms with Gasteiger partial charge in [0.2, 0.25) is 0 Å². The van der Waals surface area contributed by atoms with Crippen molar-refractivity contribution in [3.63, 3.8) is 0 Å². The highest BCUT2D eigenvalue weighted by Gasteiger charge is 2.11. The van der Waals surface area contributed by atoms with Crippen molar-refractivity contribution in [3.8, 4) is 11.8 Å². The van der Waals surface area contributed by atoms with Gasteiger partial charge in [-0.2, -0.15) is 5.26 Å². The van der Waals surface area contributed by atoms with E-state index in [4.69, 9.17) is 21.6 Å². The Labute approximate surface area is 130 Å². The summed E-state index contributed by atoms with van der Waals surface area (Å²) in [7, 11) is 1.67. The number of benzene rings is 2. The normalized spacial score (nSPS) is 11.7. The molecule has 0 amide bonds. The third kappa shape index (κ3) is 3.75. The average Bonchev–Trinajstić information content (AvgIpc) is 2.53. The summed E-state index contributed by atoms with van der Waals surface area (Å²) in [6.07, 6.45) is 0. The lowest BCUT2D eigenvalue weighted by molar-refractivity contribution is 0.401. The molecule has 0 bridgehead atoms. The van der Waals surface area contributed by atoms with Gasteiger partial charge in [-0.15, -0.1) is 0 Å². The highest BCUT2D eigenvalue weighted by Crippen LogP contribution is 2.25. The van der Waals surface area contributed by atoms with E-state index in [1.165, 1.54) is 0 Å². The van der Waals surface area contributed by atoms with Crippen LogP contribution >= 0.6 is 11.6 Å². The Bertz CT molecular complexity index is 664. The molecular formula is C17H17ClN2O. The number of para-hydroxylation sites is 1. The monoisotopic (exact) mass is 300 g/mol. The van der Waals surface area contributed by atoms with Crippen LogP contribution in [0.4, 0.5) is 0 Å². The van der Waals surface area contributed by atoms with Gasteiger partial charge >= 0.3 is 0 Å². The van der Waals surface area contributed by atoms with Crippen molar-refractivity contribution in [1.82, 2.24) is 5.32 Å². The second-order valence-electron chi connectivity index (χ2n) is 4.76. The average molecular weight is 301 g/mol. The van der Waals surface area contributed by atoms with E-state index in [0.29, 0.717) is 17.1 Å². The van der Waals surface area contributed by atoms with Crippen molar-refractivity contribution in [2.45, 2.75) is 19.5 Å². The fourth-order valence-corrected chi connectivity index (χ4v) is 2.40. The molecule has 0 heterocycles. The lowest BCUT2D eigenvalue weighted by Crippen LogP contribution is -2.19. The second kappa shape index (κ2) is 7.12. The molecule has 0 aliphatic heterocycles. The largest absolute Gasteiger partial charge is 0.496 e. The third-order valence-corrected chi connectivity index (χ3v) is 3.74. The number of methoxy groups -OCH3 is 1. The van der Waals surface area contributed by atoms with Crippen molar-refractivity contribution in [1.29, 1.82) is 5.26 Å². The molecule has 1 atom stereocenters. The van der Waals surface area contributed by atoms with Gasteiger partial charge < -0.3 is 10.1 Å². The molecule has 2 rings (SSSR count). The summed E-state index contributed by atoms with van der Waals surface area (Å²) in [5, 5.41) is 12.9. The molecule has 0 aromatic heterocycles. The van der Waals surface area contributed by atoms with Crippen molar-refractivity contribution < 1.29 is 4.74 Å². The molecule has 0 saturated carbocycles. The number of nitriles is 1. The van der Waals surface area contributed by atoms with E-state index in [1.807, 2.05) is 30.3 Å². The van der Waals surface area contributed by atoms with Crippen LogP contribution in [0.25, 0.3) is 0 Å². The summed E-state index contributed by atoms with van der Waals surface area (Å²) in [4.78, 5) is 0. The maximum Gasteiger partial charge on any atom is 0.123 e. The first kappa shape index (κ1) is 15.4. The fourth-order valence-electron chi connectivity index (χ4n) is 2.16. The summed E-state index contributed by atoms with van der Waals surface area (Å²) in [6.45, 7) is 2.71. The molecule has 2 aromatic rings. The van der Waals surface area contributed by atoms with Crippen LogP contribution in [0.1, 0.15) is 29.7 Å². The van der Waals surface area contributed by atoms with Gasteiger partial charge in [-0.25, -0.2) is 0 Å². The number of nitrogens with zero attached hydrogens (tertiary/aromatic N) is 1. The number of hydrogen-bond donors (Lipinski definition) is 1. The minimum Gasteiger partial charge on any atom is -0.496 e. The molecule has 0 fully saturated rings. The molecule has 0 unspecified atom stereocenters. The van der Waals surface area contributed by atoms with Gasteiger partial charge in [0.1, 0.15) is 5.75 Å². The predicted octanol–water partition coefficient (Wildman–Crippen LogP) is 4.07. The minimum absolute atomic E-state index is 0.132. The molecule has 1 N–H and O–H groups in total. The molecule has 21 heavy (non-hydrogen) atoms. The van der Waals surface area contributed by atoms with Crippen molar-refractivity contribution in [2.24, 2.45) is 0 Å². The van der Waals surface area contributed by atoms with E-state index in [1.54, 1.807) is 19.2 Å². The standard InChI is InChI=1S/C17H17ClN2O/c1-12(15-5-3-4-6-17(15)21-2)20-11-14-8-7-13(10-19)9-16(14)18/h3-9,12,20H,11H2,1-2H3/t12-/m1/s1. The SMILES string of the molecule is COc1ccccc1[C@@H](C)NCc1ccc(C#N)cc1Cl. The number of rotatable bonds is 5. The zero-order chi connectivity index (χ0) is 15.2. The Kier molecular flexibility index (Phi) is 5.21. The van der Waals surface area contributed by atoms with Gasteiger partial charge in [0, 0.05) is 23.2 Å². The summed E-state index contributed by atoms with van der Waals surface area (Å²) >= 11 is 6.18. The number of nitrogens with one attached hydrogen (secondary N) is 1. The maximum absolute atomic E-state index is 8.84. The molecule has 0 spiro atoms. The van der Waals surface area contributed by atoms with Crippen molar-refractivity contribution >= 4 is 11.6 Å². The van der Waals surface area contributed by atoms with Gasteiger partial charge in [0.25, 0.3) is 0 Å². The fraction of sp³-hybridized carbons (Fsp3) is 0.235. The van der Waals surface area contributed by atoms with Gasteiger partial charge in [-0.3, -0.25) is 0 Å². The Morgan fingerprint density at radius 1 is 1.29 bits per heavy atom. The highest BCUT2D eigenvalue weighted by molar-refractivity contribution is 6.31. The van der Waals surface area contributed by atoms with Crippen molar-refractivity contribution in [3.05, 3.63) is 64.2 Å². The van der Waals surface area contributed by atoms with E-state index in [-0.39, 0.29) is 6.04 Å². The van der Waals surface area contributed by atoms with Gasteiger partial charge in [0.15, 0.2) is 0 Å². The Morgan fingerprint density at radius 2 is 2.05 bits per heavy atom. The van der Waals surface area contributed by atoms with Gasteiger partial charge in [-0.05, 0) is 30.7 Å². The van der Waals surface area contributed by atoms with Gasteiger partial charge in [-0.1, -0.05) is 35.9 Å². The Morgan fingerprint density at radius 3 is 2.71 bits per heavy atom. The quantitative estimate of drug-likeness (QED) is 0.905.